The fourth-order valence-electron chi connectivity index (χ4n) is 2.51. The Morgan fingerprint density at radius 3 is 2.64 bits per heavy atom. The van der Waals surface area contributed by atoms with Gasteiger partial charge in [0.1, 0.15) is 5.82 Å². The molecule has 22 heavy (non-hydrogen) atoms. The van der Waals surface area contributed by atoms with Crippen molar-refractivity contribution in [2.75, 3.05) is 23.7 Å². The van der Waals surface area contributed by atoms with Crippen molar-refractivity contribution in [1.82, 2.24) is 10.3 Å². The third kappa shape index (κ3) is 3.75. The number of carbonyl (C=O) groups excluding carboxylic acids is 1. The lowest BCUT2D eigenvalue weighted by Gasteiger charge is -2.11. The molecule has 1 unspecified atom stereocenters. The second-order valence-corrected chi connectivity index (χ2v) is 5.69. The number of rotatable bonds is 3. The minimum atomic E-state index is -0.329. The minimum Gasteiger partial charge on any atom is -0.316 e. The third-order valence-electron chi connectivity index (χ3n) is 3.67. The Labute approximate surface area is 134 Å². The van der Waals surface area contributed by atoms with Crippen LogP contribution in [0.3, 0.4) is 0 Å². The number of hydrogen-bond donors (Lipinski definition) is 3. The van der Waals surface area contributed by atoms with Gasteiger partial charge in [0.05, 0.1) is 5.02 Å². The van der Waals surface area contributed by atoms with Crippen molar-refractivity contribution in [3.63, 3.8) is 0 Å². The van der Waals surface area contributed by atoms with Crippen LogP contribution in [0.25, 0.3) is 0 Å². The molecule has 0 aliphatic carbocycles. The summed E-state index contributed by atoms with van der Waals surface area (Å²) in [6.45, 7) is 2.09. The van der Waals surface area contributed by atoms with Crippen LogP contribution in [0.15, 0.2) is 42.6 Å². The van der Waals surface area contributed by atoms with Crippen LogP contribution in [0, 0.1) is 0 Å². The molecule has 2 amide bonds. The number of halogens is 1. The summed E-state index contributed by atoms with van der Waals surface area (Å²) >= 11 is 5.75. The molecule has 1 atom stereocenters. The van der Waals surface area contributed by atoms with E-state index in [1.165, 1.54) is 11.8 Å². The van der Waals surface area contributed by atoms with Gasteiger partial charge in [0.15, 0.2) is 0 Å². The van der Waals surface area contributed by atoms with E-state index in [1.54, 1.807) is 12.1 Å². The molecule has 1 fully saturated rings. The molecule has 1 aliphatic heterocycles. The van der Waals surface area contributed by atoms with E-state index in [9.17, 15) is 4.79 Å². The number of anilines is 2. The van der Waals surface area contributed by atoms with Crippen molar-refractivity contribution >= 4 is 29.1 Å². The summed E-state index contributed by atoms with van der Waals surface area (Å²) in [5.74, 6) is 1.02. The minimum absolute atomic E-state index is 0.329. The molecule has 3 N–H and O–H groups in total. The number of pyridine rings is 1. The van der Waals surface area contributed by atoms with Gasteiger partial charge < -0.3 is 10.6 Å². The van der Waals surface area contributed by atoms with Gasteiger partial charge in [-0.05, 0) is 48.7 Å². The average Bonchev–Trinajstić information content (AvgIpc) is 3.05. The van der Waals surface area contributed by atoms with Crippen molar-refractivity contribution < 1.29 is 4.79 Å². The van der Waals surface area contributed by atoms with E-state index < -0.39 is 0 Å². The molecule has 2 aromatic rings. The van der Waals surface area contributed by atoms with Gasteiger partial charge in [0, 0.05) is 18.4 Å². The molecular formula is C16H17ClN4O. The molecule has 5 nitrogen and oxygen atoms in total. The van der Waals surface area contributed by atoms with Gasteiger partial charge >= 0.3 is 6.03 Å². The average molecular weight is 317 g/mol. The molecular weight excluding hydrogens is 300 g/mol. The second kappa shape index (κ2) is 6.77. The van der Waals surface area contributed by atoms with Gasteiger partial charge in [-0.15, -0.1) is 0 Å². The molecule has 0 spiro atoms. The van der Waals surface area contributed by atoms with Gasteiger partial charge in [0.25, 0.3) is 0 Å². The first kappa shape index (κ1) is 14.8. The normalized spacial score (nSPS) is 17.2. The van der Waals surface area contributed by atoms with Crippen molar-refractivity contribution in [2.24, 2.45) is 0 Å². The molecule has 0 saturated carbocycles. The predicted molar refractivity (Wildman–Crippen MR) is 88.6 cm³/mol. The number of benzene rings is 1. The zero-order valence-electron chi connectivity index (χ0n) is 12.0. The zero-order chi connectivity index (χ0) is 15.4. The maximum absolute atomic E-state index is 11.9. The van der Waals surface area contributed by atoms with E-state index in [4.69, 9.17) is 11.6 Å². The number of aromatic nitrogens is 1. The zero-order valence-corrected chi connectivity index (χ0v) is 12.7. The highest BCUT2D eigenvalue weighted by Crippen LogP contribution is 2.23. The maximum atomic E-state index is 11.9. The molecule has 114 valence electrons. The summed E-state index contributed by atoms with van der Waals surface area (Å²) in [4.78, 5) is 15.9. The number of nitrogens with one attached hydrogen (secondary N) is 3. The summed E-state index contributed by atoms with van der Waals surface area (Å²) in [6.07, 6.45) is 2.65. The summed E-state index contributed by atoms with van der Waals surface area (Å²) < 4.78 is 0. The summed E-state index contributed by atoms with van der Waals surface area (Å²) in [5.41, 5.74) is 2.05. The Morgan fingerprint density at radius 1 is 1.18 bits per heavy atom. The van der Waals surface area contributed by atoms with E-state index in [-0.39, 0.29) is 6.03 Å². The topological polar surface area (TPSA) is 66.1 Å². The molecule has 1 aromatic heterocycles. The lowest BCUT2D eigenvalue weighted by atomic mass is 9.98. The lowest BCUT2D eigenvalue weighted by Crippen LogP contribution is -2.20. The molecule has 0 bridgehead atoms. The van der Waals surface area contributed by atoms with Crippen molar-refractivity contribution in [3.05, 3.63) is 53.2 Å². The Balaban J connectivity index is 1.57. The number of hydrogen-bond acceptors (Lipinski definition) is 3. The van der Waals surface area contributed by atoms with Gasteiger partial charge in [-0.25, -0.2) is 9.78 Å². The van der Waals surface area contributed by atoms with Crippen LogP contribution in [0.4, 0.5) is 16.3 Å². The van der Waals surface area contributed by atoms with Crippen molar-refractivity contribution in [3.8, 4) is 0 Å². The fraction of sp³-hybridized carbons (Fsp3) is 0.250. The highest BCUT2D eigenvalue weighted by Gasteiger charge is 2.16. The van der Waals surface area contributed by atoms with Crippen LogP contribution >= 0.6 is 11.6 Å². The van der Waals surface area contributed by atoms with Gasteiger partial charge in [0.2, 0.25) is 0 Å². The van der Waals surface area contributed by atoms with E-state index in [2.05, 4.69) is 33.1 Å². The van der Waals surface area contributed by atoms with Crippen LogP contribution in [0.2, 0.25) is 5.02 Å². The van der Waals surface area contributed by atoms with Crippen LogP contribution in [0.1, 0.15) is 17.9 Å². The van der Waals surface area contributed by atoms with E-state index in [1.807, 2.05) is 12.1 Å². The fourth-order valence-corrected chi connectivity index (χ4v) is 2.62. The number of urea groups is 1. The Bertz CT molecular complexity index is 636. The summed E-state index contributed by atoms with van der Waals surface area (Å²) in [5, 5.41) is 9.32. The second-order valence-electron chi connectivity index (χ2n) is 5.25. The molecule has 2 heterocycles. The first-order valence-corrected chi connectivity index (χ1v) is 7.59. The lowest BCUT2D eigenvalue weighted by molar-refractivity contribution is 0.262. The Kier molecular flexibility index (Phi) is 4.56. The van der Waals surface area contributed by atoms with Crippen molar-refractivity contribution in [2.45, 2.75) is 12.3 Å². The molecule has 1 aliphatic rings. The molecule has 1 saturated heterocycles. The number of amides is 2. The van der Waals surface area contributed by atoms with E-state index in [0.717, 1.165) is 25.2 Å². The maximum Gasteiger partial charge on any atom is 0.324 e. The van der Waals surface area contributed by atoms with Gasteiger partial charge in [-0.3, -0.25) is 5.32 Å². The highest BCUT2D eigenvalue weighted by molar-refractivity contribution is 6.30. The van der Waals surface area contributed by atoms with Crippen LogP contribution in [0.5, 0.6) is 0 Å². The number of carbonyl (C=O) groups is 1. The first-order chi connectivity index (χ1) is 10.7. The first-order valence-electron chi connectivity index (χ1n) is 7.21. The van der Waals surface area contributed by atoms with E-state index in [0.29, 0.717) is 16.8 Å². The van der Waals surface area contributed by atoms with Gasteiger partial charge in [-0.2, -0.15) is 0 Å². The SMILES string of the molecule is O=C(Nc1ccc(C2CCNC2)cc1)Nc1ccc(Cl)cn1. The van der Waals surface area contributed by atoms with Crippen molar-refractivity contribution in [1.29, 1.82) is 0 Å². The highest BCUT2D eigenvalue weighted by atomic mass is 35.5. The quantitative estimate of drug-likeness (QED) is 0.812. The smallest absolute Gasteiger partial charge is 0.316 e. The third-order valence-corrected chi connectivity index (χ3v) is 3.89. The standard InChI is InChI=1S/C16H17ClN4O/c17-13-3-6-15(19-10-13)21-16(22)20-14-4-1-11(2-5-14)12-7-8-18-9-12/h1-6,10,12,18H,7-9H2,(H2,19,20,21,22). The summed E-state index contributed by atoms with van der Waals surface area (Å²) in [7, 11) is 0. The monoisotopic (exact) mass is 316 g/mol. The summed E-state index contributed by atoms with van der Waals surface area (Å²) in [6, 6.07) is 11.0. The predicted octanol–water partition coefficient (Wildman–Crippen LogP) is 3.46. The van der Waals surface area contributed by atoms with Crippen LogP contribution in [-0.2, 0) is 0 Å². The largest absolute Gasteiger partial charge is 0.324 e. The Morgan fingerprint density at radius 2 is 2.00 bits per heavy atom. The van der Waals surface area contributed by atoms with E-state index >= 15 is 0 Å². The van der Waals surface area contributed by atoms with Crippen LogP contribution in [-0.4, -0.2) is 24.1 Å². The molecule has 0 radical (unpaired) electrons. The molecule has 3 rings (SSSR count). The molecule has 1 aromatic carbocycles. The Hall–Kier alpha value is -2.11. The van der Waals surface area contributed by atoms with Gasteiger partial charge in [-0.1, -0.05) is 23.7 Å². The van der Waals surface area contributed by atoms with Crippen LogP contribution < -0.4 is 16.0 Å². The number of nitrogens with zero attached hydrogens (tertiary/aromatic N) is 1. The molecule has 6 heteroatoms.